The van der Waals surface area contributed by atoms with E-state index >= 15 is 0 Å². The van der Waals surface area contributed by atoms with Crippen LogP contribution in [0.4, 0.5) is 17.8 Å². The number of phenols is 1. The van der Waals surface area contributed by atoms with Crippen molar-refractivity contribution in [2.45, 2.75) is 0 Å². The van der Waals surface area contributed by atoms with Crippen molar-refractivity contribution in [3.63, 3.8) is 0 Å². The highest BCUT2D eigenvalue weighted by molar-refractivity contribution is 6.32. The number of methoxy groups -OCH3 is 1. The summed E-state index contributed by atoms with van der Waals surface area (Å²) in [5.41, 5.74) is 3.51. The number of nitrogens with zero attached hydrogens (tertiary/aromatic N) is 6. The number of nitrogens with one attached hydrogen (secondary N) is 1. The zero-order chi connectivity index (χ0) is 21.6. The van der Waals surface area contributed by atoms with Gasteiger partial charge in [-0.3, -0.25) is 0 Å². The van der Waals surface area contributed by atoms with Crippen molar-refractivity contribution in [3.8, 4) is 11.5 Å². The van der Waals surface area contributed by atoms with Crippen molar-refractivity contribution in [2.24, 2.45) is 5.10 Å². The second kappa shape index (κ2) is 9.94. The average Bonchev–Trinajstić information content (AvgIpc) is 2.82. The van der Waals surface area contributed by atoms with Gasteiger partial charge in [-0.05, 0) is 17.7 Å². The third-order valence-electron chi connectivity index (χ3n) is 4.85. The van der Waals surface area contributed by atoms with Crippen LogP contribution in [0.15, 0.2) is 17.2 Å². The highest BCUT2D eigenvalue weighted by Gasteiger charge is 2.20. The smallest absolute Gasteiger partial charge is 0.250 e. The molecule has 0 radical (unpaired) electrons. The van der Waals surface area contributed by atoms with Crippen LogP contribution >= 0.6 is 11.6 Å². The molecular formula is C19H24ClN7O4. The van der Waals surface area contributed by atoms with Crippen molar-refractivity contribution < 1.29 is 19.3 Å². The van der Waals surface area contributed by atoms with Crippen molar-refractivity contribution in [3.05, 3.63) is 22.7 Å². The van der Waals surface area contributed by atoms with Crippen LogP contribution in [-0.4, -0.2) is 86.0 Å². The Bertz CT molecular complexity index is 897. The first-order chi connectivity index (χ1) is 15.1. The molecule has 0 saturated carbocycles. The van der Waals surface area contributed by atoms with Crippen LogP contribution in [0.5, 0.6) is 11.5 Å². The number of halogens is 1. The highest BCUT2D eigenvalue weighted by Crippen LogP contribution is 2.34. The van der Waals surface area contributed by atoms with E-state index in [2.05, 4.69) is 35.3 Å². The number of rotatable bonds is 6. The predicted octanol–water partition coefficient (Wildman–Crippen LogP) is 1.36. The number of phenolic OH excluding ortho intramolecular Hbond substituents is 1. The summed E-state index contributed by atoms with van der Waals surface area (Å²) < 4.78 is 16.0. The fraction of sp³-hybridized carbons (Fsp3) is 0.474. The van der Waals surface area contributed by atoms with Gasteiger partial charge in [-0.1, -0.05) is 11.6 Å². The Morgan fingerprint density at radius 3 is 2.16 bits per heavy atom. The third-order valence-corrected chi connectivity index (χ3v) is 5.14. The summed E-state index contributed by atoms with van der Waals surface area (Å²) in [6.45, 7) is 5.35. The third kappa shape index (κ3) is 5.24. The molecule has 166 valence electrons. The first kappa shape index (κ1) is 21.3. The van der Waals surface area contributed by atoms with E-state index in [1.54, 1.807) is 18.3 Å². The van der Waals surface area contributed by atoms with Gasteiger partial charge in [0.15, 0.2) is 11.5 Å². The molecule has 0 bridgehead atoms. The summed E-state index contributed by atoms with van der Waals surface area (Å²) in [5.74, 6) is 1.63. The van der Waals surface area contributed by atoms with E-state index in [1.165, 1.54) is 7.11 Å². The van der Waals surface area contributed by atoms with E-state index in [-0.39, 0.29) is 16.5 Å². The summed E-state index contributed by atoms with van der Waals surface area (Å²) in [4.78, 5) is 17.8. The number of hydrazone groups is 1. The number of anilines is 3. The minimum absolute atomic E-state index is 0.114. The van der Waals surface area contributed by atoms with Crippen LogP contribution in [0.2, 0.25) is 5.02 Å². The molecule has 11 nitrogen and oxygen atoms in total. The topological polar surface area (TPSA) is 117 Å². The minimum atomic E-state index is -0.114. The van der Waals surface area contributed by atoms with Gasteiger partial charge >= 0.3 is 0 Å². The molecule has 0 unspecified atom stereocenters. The zero-order valence-electron chi connectivity index (χ0n) is 17.1. The second-order valence-electron chi connectivity index (χ2n) is 6.88. The lowest BCUT2D eigenvalue weighted by Crippen LogP contribution is -2.40. The summed E-state index contributed by atoms with van der Waals surface area (Å²) in [6.07, 6.45) is 1.54. The summed E-state index contributed by atoms with van der Waals surface area (Å²) in [5, 5.41) is 14.3. The molecule has 0 aliphatic carbocycles. The number of hydrogen-bond donors (Lipinski definition) is 2. The molecule has 2 saturated heterocycles. The number of aromatic nitrogens is 3. The maximum absolute atomic E-state index is 9.86. The summed E-state index contributed by atoms with van der Waals surface area (Å²) >= 11 is 6.03. The maximum atomic E-state index is 9.86. The van der Waals surface area contributed by atoms with E-state index in [4.69, 9.17) is 25.8 Å². The molecule has 4 rings (SSSR count). The van der Waals surface area contributed by atoms with Gasteiger partial charge in [0.1, 0.15) is 0 Å². The Kier molecular flexibility index (Phi) is 6.85. The van der Waals surface area contributed by atoms with Gasteiger partial charge in [0.2, 0.25) is 17.8 Å². The molecule has 1 aromatic carbocycles. The Morgan fingerprint density at radius 1 is 1.03 bits per heavy atom. The predicted molar refractivity (Wildman–Crippen MR) is 117 cm³/mol. The van der Waals surface area contributed by atoms with E-state index in [9.17, 15) is 5.11 Å². The van der Waals surface area contributed by atoms with Gasteiger partial charge in [0.05, 0.1) is 44.8 Å². The number of morpholine rings is 2. The minimum Gasteiger partial charge on any atom is -0.503 e. The van der Waals surface area contributed by atoms with Gasteiger partial charge in [-0.15, -0.1) is 0 Å². The van der Waals surface area contributed by atoms with E-state index < -0.39 is 0 Å². The van der Waals surface area contributed by atoms with Gasteiger partial charge < -0.3 is 29.1 Å². The molecule has 2 aliphatic heterocycles. The Hall–Kier alpha value is -2.89. The molecule has 2 N–H and O–H groups in total. The number of aromatic hydroxyl groups is 1. The molecule has 12 heteroatoms. The van der Waals surface area contributed by atoms with E-state index in [1.807, 2.05) is 0 Å². The molecule has 0 spiro atoms. The maximum Gasteiger partial charge on any atom is 0.250 e. The van der Waals surface area contributed by atoms with E-state index in [0.717, 1.165) is 0 Å². The lowest BCUT2D eigenvalue weighted by molar-refractivity contribution is 0.121. The first-order valence-electron chi connectivity index (χ1n) is 9.91. The van der Waals surface area contributed by atoms with Crippen LogP contribution in [0.25, 0.3) is 0 Å². The Labute approximate surface area is 184 Å². The molecule has 31 heavy (non-hydrogen) atoms. The standard InChI is InChI=1S/C19H24ClN7O4/c1-29-15-11-13(10-14(20)16(15)28)12-21-25-17-22-18(26-2-6-30-7-3-26)24-19(23-17)27-4-8-31-9-5-27/h10-12,28H,2-9H2,1H3,(H,22,23,24,25). The first-order valence-corrected chi connectivity index (χ1v) is 10.3. The number of benzene rings is 1. The molecule has 2 aliphatic rings. The SMILES string of the molecule is COc1cc(C=NNc2nc(N3CCOCC3)nc(N3CCOCC3)n2)cc(Cl)c1O. The average molecular weight is 450 g/mol. The second-order valence-corrected chi connectivity index (χ2v) is 7.29. The van der Waals surface area contributed by atoms with Crippen LogP contribution in [0, 0.1) is 0 Å². The van der Waals surface area contributed by atoms with Gasteiger partial charge in [0, 0.05) is 26.2 Å². The number of hydrogen-bond acceptors (Lipinski definition) is 11. The van der Waals surface area contributed by atoms with E-state index in [0.29, 0.717) is 76.0 Å². The molecule has 1 aromatic heterocycles. The lowest BCUT2D eigenvalue weighted by Gasteiger charge is -2.30. The van der Waals surface area contributed by atoms with Crippen molar-refractivity contribution in [1.29, 1.82) is 0 Å². The van der Waals surface area contributed by atoms with Crippen LogP contribution < -0.4 is 20.0 Å². The van der Waals surface area contributed by atoms with Gasteiger partial charge in [-0.2, -0.15) is 20.1 Å². The highest BCUT2D eigenvalue weighted by atomic mass is 35.5. The quantitative estimate of drug-likeness (QED) is 0.494. The van der Waals surface area contributed by atoms with Crippen molar-refractivity contribution in [1.82, 2.24) is 15.0 Å². The normalized spacial score (nSPS) is 17.2. The largest absolute Gasteiger partial charge is 0.503 e. The monoisotopic (exact) mass is 449 g/mol. The zero-order valence-corrected chi connectivity index (χ0v) is 17.9. The Morgan fingerprint density at radius 2 is 1.61 bits per heavy atom. The molecule has 0 atom stereocenters. The molecular weight excluding hydrogens is 426 g/mol. The fourth-order valence-corrected chi connectivity index (χ4v) is 3.42. The van der Waals surface area contributed by atoms with Crippen molar-refractivity contribution >= 4 is 35.7 Å². The van der Waals surface area contributed by atoms with Crippen LogP contribution in [0.1, 0.15) is 5.56 Å². The molecule has 3 heterocycles. The van der Waals surface area contributed by atoms with Crippen LogP contribution in [0.3, 0.4) is 0 Å². The molecule has 2 aromatic rings. The molecule has 0 amide bonds. The fourth-order valence-electron chi connectivity index (χ4n) is 3.20. The van der Waals surface area contributed by atoms with Gasteiger partial charge in [-0.25, -0.2) is 5.43 Å². The molecule has 2 fully saturated rings. The number of ether oxygens (including phenoxy) is 3. The van der Waals surface area contributed by atoms with Crippen molar-refractivity contribution in [2.75, 3.05) is 74.9 Å². The summed E-state index contributed by atoms with van der Waals surface area (Å²) in [6, 6.07) is 3.20. The summed E-state index contributed by atoms with van der Waals surface area (Å²) in [7, 11) is 1.45. The van der Waals surface area contributed by atoms with Gasteiger partial charge in [0.25, 0.3) is 0 Å². The Balaban J connectivity index is 1.56. The lowest BCUT2D eigenvalue weighted by atomic mass is 10.2. The van der Waals surface area contributed by atoms with Crippen LogP contribution in [-0.2, 0) is 9.47 Å².